The third-order valence-corrected chi connectivity index (χ3v) is 4.13. The summed E-state index contributed by atoms with van der Waals surface area (Å²) in [6.07, 6.45) is 0.367. The summed E-state index contributed by atoms with van der Waals surface area (Å²) in [5.74, 6) is -1.71. The molecule has 1 rings (SSSR count). The molecule has 0 atom stereocenters. The highest BCUT2D eigenvalue weighted by Crippen LogP contribution is 2.16. The van der Waals surface area contributed by atoms with E-state index in [0.29, 0.717) is 13.0 Å². The van der Waals surface area contributed by atoms with Gasteiger partial charge in [0.2, 0.25) is 0 Å². The first-order chi connectivity index (χ1) is 7.96. The fourth-order valence-corrected chi connectivity index (χ4v) is 2.17. The second-order valence-electron chi connectivity index (χ2n) is 3.62. The fraction of sp³-hybridized carbons (Fsp3) is 0.455. The van der Waals surface area contributed by atoms with Crippen molar-refractivity contribution in [2.75, 3.05) is 23.4 Å². The van der Waals surface area contributed by atoms with Crippen molar-refractivity contribution < 1.29 is 17.2 Å². The van der Waals surface area contributed by atoms with Gasteiger partial charge in [-0.1, -0.05) is 13.0 Å². The highest BCUT2D eigenvalue weighted by molar-refractivity contribution is 7.91. The van der Waals surface area contributed by atoms with Crippen LogP contribution >= 0.6 is 0 Å². The Labute approximate surface area is 99.8 Å². The van der Waals surface area contributed by atoms with Crippen LogP contribution in [0, 0.1) is 11.6 Å². The fourth-order valence-electron chi connectivity index (χ4n) is 1.30. The van der Waals surface area contributed by atoms with Crippen molar-refractivity contribution in [1.82, 2.24) is 0 Å². The van der Waals surface area contributed by atoms with E-state index in [0.717, 1.165) is 6.07 Å². The van der Waals surface area contributed by atoms with Gasteiger partial charge in [0, 0.05) is 12.3 Å². The van der Waals surface area contributed by atoms with Crippen LogP contribution < -0.4 is 5.32 Å². The van der Waals surface area contributed by atoms with Crippen LogP contribution in [-0.2, 0) is 9.84 Å². The Balaban J connectivity index is 2.44. The Bertz CT molecular complexity index is 474. The molecule has 1 aromatic carbocycles. The van der Waals surface area contributed by atoms with Gasteiger partial charge < -0.3 is 5.32 Å². The van der Waals surface area contributed by atoms with Crippen molar-refractivity contribution in [3.63, 3.8) is 0 Å². The lowest BCUT2D eigenvalue weighted by molar-refractivity contribution is 0.511. The normalized spacial score (nSPS) is 11.5. The summed E-state index contributed by atoms with van der Waals surface area (Å²) in [6, 6.07) is 3.83. The van der Waals surface area contributed by atoms with E-state index in [9.17, 15) is 17.2 Å². The molecule has 6 heteroatoms. The molecular weight excluding hydrogens is 248 g/mol. The first-order valence-electron chi connectivity index (χ1n) is 5.34. The van der Waals surface area contributed by atoms with Crippen molar-refractivity contribution in [1.29, 1.82) is 0 Å². The first kappa shape index (κ1) is 13.9. The van der Waals surface area contributed by atoms with Crippen molar-refractivity contribution in [2.45, 2.75) is 13.3 Å². The van der Waals surface area contributed by atoms with E-state index >= 15 is 0 Å². The van der Waals surface area contributed by atoms with Gasteiger partial charge in [0.05, 0.1) is 11.4 Å². The Kier molecular flexibility index (Phi) is 4.86. The summed E-state index contributed by atoms with van der Waals surface area (Å²) in [5, 5.41) is 2.67. The average molecular weight is 263 g/mol. The molecule has 1 aromatic rings. The molecule has 0 bridgehead atoms. The van der Waals surface area contributed by atoms with Crippen LogP contribution in [0.3, 0.4) is 0 Å². The molecule has 0 aromatic heterocycles. The third kappa shape index (κ3) is 4.30. The third-order valence-electron chi connectivity index (χ3n) is 2.34. The highest BCUT2D eigenvalue weighted by atomic mass is 32.2. The van der Waals surface area contributed by atoms with Gasteiger partial charge >= 0.3 is 0 Å². The lowest BCUT2D eigenvalue weighted by Gasteiger charge is -2.07. The number of halogens is 2. The number of anilines is 1. The number of benzene rings is 1. The quantitative estimate of drug-likeness (QED) is 0.800. The van der Waals surface area contributed by atoms with Gasteiger partial charge in [-0.2, -0.15) is 0 Å². The molecule has 0 aliphatic carbocycles. The number of hydrogen-bond donors (Lipinski definition) is 1. The summed E-state index contributed by atoms with van der Waals surface area (Å²) in [7, 11) is -3.00. The topological polar surface area (TPSA) is 46.2 Å². The second kappa shape index (κ2) is 5.95. The highest BCUT2D eigenvalue weighted by Gasteiger charge is 2.08. The molecule has 0 unspecified atom stereocenters. The van der Waals surface area contributed by atoms with Crippen LogP contribution in [0.4, 0.5) is 14.5 Å². The van der Waals surface area contributed by atoms with Crippen LogP contribution in [0.15, 0.2) is 18.2 Å². The minimum Gasteiger partial charge on any atom is -0.383 e. The number of sulfone groups is 1. The monoisotopic (exact) mass is 263 g/mol. The smallest absolute Gasteiger partial charge is 0.181 e. The van der Waals surface area contributed by atoms with E-state index in [2.05, 4.69) is 5.32 Å². The lowest BCUT2D eigenvalue weighted by Crippen LogP contribution is -2.13. The van der Waals surface area contributed by atoms with Crippen LogP contribution in [0.5, 0.6) is 0 Å². The second-order valence-corrected chi connectivity index (χ2v) is 6.09. The standard InChI is InChI=1S/C11H15F2NO2S/c1-2-17(15,16)8-4-7-14-10-6-3-5-9(12)11(10)13/h3,5-6,14H,2,4,7-8H2,1H3. The summed E-state index contributed by atoms with van der Waals surface area (Å²) in [4.78, 5) is 0. The Morgan fingerprint density at radius 1 is 1.29 bits per heavy atom. The zero-order chi connectivity index (χ0) is 12.9. The summed E-state index contributed by atoms with van der Waals surface area (Å²) >= 11 is 0. The van der Waals surface area contributed by atoms with Gasteiger partial charge in [-0.05, 0) is 18.6 Å². The molecule has 0 amide bonds. The van der Waals surface area contributed by atoms with Gasteiger partial charge in [-0.3, -0.25) is 0 Å². The molecule has 17 heavy (non-hydrogen) atoms. The zero-order valence-corrected chi connectivity index (χ0v) is 10.4. The number of nitrogens with one attached hydrogen (secondary N) is 1. The maximum atomic E-state index is 13.2. The van der Waals surface area contributed by atoms with Crippen molar-refractivity contribution >= 4 is 15.5 Å². The molecule has 0 radical (unpaired) electrons. The molecule has 3 nitrogen and oxygen atoms in total. The molecule has 0 heterocycles. The van der Waals surface area contributed by atoms with E-state index < -0.39 is 21.5 Å². The molecule has 0 fully saturated rings. The molecule has 96 valence electrons. The van der Waals surface area contributed by atoms with Gasteiger partial charge in [0.15, 0.2) is 11.6 Å². The largest absolute Gasteiger partial charge is 0.383 e. The first-order valence-corrected chi connectivity index (χ1v) is 7.16. The van der Waals surface area contributed by atoms with E-state index in [1.165, 1.54) is 12.1 Å². The van der Waals surface area contributed by atoms with E-state index in [1.807, 2.05) is 0 Å². The molecule has 1 N–H and O–H groups in total. The van der Waals surface area contributed by atoms with Crippen LogP contribution in [0.1, 0.15) is 13.3 Å². The maximum Gasteiger partial charge on any atom is 0.181 e. The summed E-state index contributed by atoms with van der Waals surface area (Å²) in [5.41, 5.74) is 0.0545. The lowest BCUT2D eigenvalue weighted by atomic mass is 10.3. The zero-order valence-electron chi connectivity index (χ0n) is 9.54. The van der Waals surface area contributed by atoms with Crippen LogP contribution in [-0.4, -0.2) is 26.5 Å². The number of rotatable bonds is 6. The van der Waals surface area contributed by atoms with Gasteiger partial charge in [-0.25, -0.2) is 17.2 Å². The van der Waals surface area contributed by atoms with E-state index in [1.54, 1.807) is 6.92 Å². The van der Waals surface area contributed by atoms with Crippen molar-refractivity contribution in [3.8, 4) is 0 Å². The molecular formula is C11H15F2NO2S. The van der Waals surface area contributed by atoms with Crippen molar-refractivity contribution in [3.05, 3.63) is 29.8 Å². The molecule has 0 spiro atoms. The van der Waals surface area contributed by atoms with Gasteiger partial charge in [0.25, 0.3) is 0 Å². The van der Waals surface area contributed by atoms with Crippen LogP contribution in [0.2, 0.25) is 0 Å². The SMILES string of the molecule is CCS(=O)(=O)CCCNc1cccc(F)c1F. The molecule has 0 saturated heterocycles. The molecule has 0 aliphatic heterocycles. The van der Waals surface area contributed by atoms with Crippen molar-refractivity contribution in [2.24, 2.45) is 0 Å². The van der Waals surface area contributed by atoms with Gasteiger partial charge in [-0.15, -0.1) is 0 Å². The number of hydrogen-bond acceptors (Lipinski definition) is 3. The Hall–Kier alpha value is -1.17. The maximum absolute atomic E-state index is 13.2. The minimum atomic E-state index is -3.00. The predicted octanol–water partition coefficient (Wildman–Crippen LogP) is 2.20. The molecule has 0 aliphatic rings. The Morgan fingerprint density at radius 3 is 2.65 bits per heavy atom. The predicted molar refractivity (Wildman–Crippen MR) is 63.8 cm³/mol. The Morgan fingerprint density at radius 2 is 2.00 bits per heavy atom. The summed E-state index contributed by atoms with van der Waals surface area (Å²) < 4.78 is 48.3. The van der Waals surface area contributed by atoms with Gasteiger partial charge in [0.1, 0.15) is 9.84 Å². The summed E-state index contributed by atoms with van der Waals surface area (Å²) in [6.45, 7) is 1.87. The average Bonchev–Trinajstić information content (AvgIpc) is 2.30. The molecule has 0 saturated carbocycles. The van der Waals surface area contributed by atoms with Crippen LogP contribution in [0.25, 0.3) is 0 Å². The van der Waals surface area contributed by atoms with E-state index in [-0.39, 0.29) is 17.2 Å². The van der Waals surface area contributed by atoms with E-state index in [4.69, 9.17) is 0 Å². The minimum absolute atomic E-state index is 0.0490.